The fraction of sp³-hybridized carbons (Fsp3) is 0.208. The Morgan fingerprint density at radius 2 is 1.87 bits per heavy atom. The van der Waals surface area contributed by atoms with E-state index in [0.717, 1.165) is 17.7 Å². The Balaban J connectivity index is 1.53. The van der Waals surface area contributed by atoms with Gasteiger partial charge in [-0.05, 0) is 36.2 Å². The first-order chi connectivity index (χ1) is 14.7. The molecule has 2 aliphatic rings. The molecule has 3 aromatic carbocycles. The molecule has 3 aromatic rings. The minimum absolute atomic E-state index is 0.00177. The van der Waals surface area contributed by atoms with E-state index < -0.39 is 0 Å². The summed E-state index contributed by atoms with van der Waals surface area (Å²) in [6.07, 6.45) is 0.411. The van der Waals surface area contributed by atoms with Crippen LogP contribution in [0.4, 0.5) is 5.69 Å². The molecule has 6 nitrogen and oxygen atoms in total. The standard InChI is InChI=1S/C24H22N2O4/c1-28-20-13-17(14-21-22(20)30-15-29-21)23-25-19-10-6-5-9-18(19)24(27)26(23)12-11-16-7-3-2-4-8-16/h2-10,13-14,23,25H,11-12,15H2,1H3/t23-/m0/s1. The van der Waals surface area contributed by atoms with Crippen LogP contribution in [0, 0.1) is 0 Å². The van der Waals surface area contributed by atoms with Crippen LogP contribution in [-0.4, -0.2) is 31.3 Å². The van der Waals surface area contributed by atoms with Gasteiger partial charge in [0.05, 0.1) is 12.7 Å². The van der Waals surface area contributed by atoms with Gasteiger partial charge >= 0.3 is 0 Å². The molecule has 1 N–H and O–H groups in total. The first kappa shape index (κ1) is 18.4. The summed E-state index contributed by atoms with van der Waals surface area (Å²) in [6, 6.07) is 21.6. The predicted octanol–water partition coefficient (Wildman–Crippen LogP) is 4.23. The lowest BCUT2D eigenvalue weighted by Crippen LogP contribution is -2.44. The number of carbonyl (C=O) groups is 1. The van der Waals surface area contributed by atoms with Crippen LogP contribution >= 0.6 is 0 Å². The van der Waals surface area contributed by atoms with E-state index in [0.29, 0.717) is 29.4 Å². The van der Waals surface area contributed by atoms with E-state index in [1.807, 2.05) is 59.5 Å². The molecule has 5 rings (SSSR count). The number of fused-ring (bicyclic) bond motifs is 2. The van der Waals surface area contributed by atoms with Gasteiger partial charge in [-0.25, -0.2) is 0 Å². The van der Waals surface area contributed by atoms with Gasteiger partial charge in [0.2, 0.25) is 12.5 Å². The Bertz CT molecular complexity index is 1080. The Morgan fingerprint density at radius 1 is 1.07 bits per heavy atom. The van der Waals surface area contributed by atoms with Crippen LogP contribution in [0.1, 0.15) is 27.7 Å². The number of nitrogens with one attached hydrogen (secondary N) is 1. The lowest BCUT2D eigenvalue weighted by atomic mass is 10.0. The number of nitrogens with zero attached hydrogens (tertiary/aromatic N) is 1. The smallest absolute Gasteiger partial charge is 0.257 e. The Hall–Kier alpha value is -3.67. The summed E-state index contributed by atoms with van der Waals surface area (Å²) < 4.78 is 16.6. The zero-order valence-corrected chi connectivity index (χ0v) is 16.6. The van der Waals surface area contributed by atoms with Crippen LogP contribution in [0.3, 0.4) is 0 Å². The summed E-state index contributed by atoms with van der Waals surface area (Å²) in [7, 11) is 1.60. The molecule has 152 valence electrons. The average molecular weight is 402 g/mol. The maximum absolute atomic E-state index is 13.4. The van der Waals surface area contributed by atoms with E-state index in [9.17, 15) is 4.79 Å². The number of para-hydroxylation sites is 1. The number of rotatable bonds is 5. The molecule has 2 heterocycles. The molecule has 0 radical (unpaired) electrons. The van der Waals surface area contributed by atoms with Gasteiger partial charge in [0.25, 0.3) is 5.91 Å². The lowest BCUT2D eigenvalue weighted by molar-refractivity contribution is 0.0685. The number of ether oxygens (including phenoxy) is 3. The molecular formula is C24H22N2O4. The third-order valence-electron chi connectivity index (χ3n) is 5.50. The maximum Gasteiger partial charge on any atom is 0.257 e. The maximum atomic E-state index is 13.4. The van der Waals surface area contributed by atoms with E-state index in [2.05, 4.69) is 17.4 Å². The van der Waals surface area contributed by atoms with Gasteiger partial charge in [-0.15, -0.1) is 0 Å². The van der Waals surface area contributed by atoms with Crippen molar-refractivity contribution in [3.63, 3.8) is 0 Å². The van der Waals surface area contributed by atoms with Crippen LogP contribution in [0.5, 0.6) is 17.2 Å². The third-order valence-corrected chi connectivity index (χ3v) is 5.50. The molecular weight excluding hydrogens is 380 g/mol. The van der Waals surface area contributed by atoms with Crippen molar-refractivity contribution >= 4 is 11.6 Å². The molecule has 30 heavy (non-hydrogen) atoms. The van der Waals surface area contributed by atoms with Gasteiger partial charge in [0, 0.05) is 17.8 Å². The summed E-state index contributed by atoms with van der Waals surface area (Å²) in [4.78, 5) is 15.3. The summed E-state index contributed by atoms with van der Waals surface area (Å²) >= 11 is 0. The first-order valence-electron chi connectivity index (χ1n) is 9.92. The lowest BCUT2D eigenvalue weighted by Gasteiger charge is -2.38. The summed E-state index contributed by atoms with van der Waals surface area (Å²) in [5.41, 5.74) is 3.56. The van der Waals surface area contributed by atoms with Crippen LogP contribution < -0.4 is 19.5 Å². The predicted molar refractivity (Wildman–Crippen MR) is 113 cm³/mol. The van der Waals surface area contributed by atoms with Crippen molar-refractivity contribution in [2.45, 2.75) is 12.6 Å². The van der Waals surface area contributed by atoms with E-state index in [1.54, 1.807) is 7.11 Å². The van der Waals surface area contributed by atoms with E-state index in [1.165, 1.54) is 5.56 Å². The summed E-state index contributed by atoms with van der Waals surface area (Å²) in [6.45, 7) is 0.734. The van der Waals surface area contributed by atoms with Gasteiger partial charge in [0.15, 0.2) is 11.5 Å². The fourth-order valence-corrected chi connectivity index (χ4v) is 3.99. The molecule has 1 atom stereocenters. The van der Waals surface area contributed by atoms with Crippen molar-refractivity contribution in [1.29, 1.82) is 0 Å². The molecule has 0 aliphatic carbocycles. The van der Waals surface area contributed by atoms with Crippen LogP contribution in [-0.2, 0) is 6.42 Å². The van der Waals surface area contributed by atoms with Crippen molar-refractivity contribution in [3.05, 3.63) is 83.4 Å². The molecule has 0 saturated heterocycles. The van der Waals surface area contributed by atoms with Crippen molar-refractivity contribution in [2.75, 3.05) is 25.8 Å². The number of amides is 1. The Morgan fingerprint density at radius 3 is 2.70 bits per heavy atom. The molecule has 0 aromatic heterocycles. The monoisotopic (exact) mass is 402 g/mol. The Labute approximate surface area is 175 Å². The van der Waals surface area contributed by atoms with Crippen molar-refractivity contribution in [2.24, 2.45) is 0 Å². The van der Waals surface area contributed by atoms with Crippen LogP contribution in [0.15, 0.2) is 66.7 Å². The molecule has 1 amide bonds. The normalized spacial score (nSPS) is 16.8. The molecule has 0 bridgehead atoms. The highest BCUT2D eigenvalue weighted by Crippen LogP contribution is 2.44. The number of hydrogen-bond acceptors (Lipinski definition) is 5. The number of methoxy groups -OCH3 is 1. The average Bonchev–Trinajstić information content (AvgIpc) is 3.27. The van der Waals surface area contributed by atoms with E-state index >= 15 is 0 Å². The van der Waals surface area contributed by atoms with Crippen molar-refractivity contribution < 1.29 is 19.0 Å². The van der Waals surface area contributed by atoms with Gasteiger partial charge in [0.1, 0.15) is 6.17 Å². The molecule has 0 saturated carbocycles. The van der Waals surface area contributed by atoms with Gasteiger partial charge < -0.3 is 24.4 Å². The minimum atomic E-state index is -0.348. The topological polar surface area (TPSA) is 60.0 Å². The van der Waals surface area contributed by atoms with Crippen LogP contribution in [0.25, 0.3) is 0 Å². The zero-order chi connectivity index (χ0) is 20.5. The Kier molecular flexibility index (Phi) is 4.67. The number of hydrogen-bond donors (Lipinski definition) is 1. The molecule has 0 unspecified atom stereocenters. The SMILES string of the molecule is COc1cc([C@H]2Nc3ccccc3C(=O)N2CCc2ccccc2)cc2c1OCO2. The molecule has 6 heteroatoms. The van der Waals surface area contributed by atoms with Gasteiger partial charge in [-0.3, -0.25) is 4.79 Å². The highest BCUT2D eigenvalue weighted by Gasteiger charge is 2.34. The first-order valence-corrected chi connectivity index (χ1v) is 9.92. The zero-order valence-electron chi connectivity index (χ0n) is 16.6. The molecule has 2 aliphatic heterocycles. The van der Waals surface area contributed by atoms with Gasteiger partial charge in [-0.2, -0.15) is 0 Å². The van der Waals surface area contributed by atoms with Crippen molar-refractivity contribution in [3.8, 4) is 17.2 Å². The van der Waals surface area contributed by atoms with Crippen LogP contribution in [0.2, 0.25) is 0 Å². The third kappa shape index (κ3) is 3.20. The number of carbonyl (C=O) groups excluding carboxylic acids is 1. The fourth-order valence-electron chi connectivity index (χ4n) is 3.99. The number of anilines is 1. The largest absolute Gasteiger partial charge is 0.493 e. The summed E-state index contributed by atoms with van der Waals surface area (Å²) in [5.74, 6) is 1.82. The van der Waals surface area contributed by atoms with Gasteiger partial charge in [-0.1, -0.05) is 42.5 Å². The molecule has 0 spiro atoms. The highest BCUT2D eigenvalue weighted by atomic mass is 16.7. The molecule has 0 fully saturated rings. The second kappa shape index (κ2) is 7.63. The quantitative estimate of drug-likeness (QED) is 0.692. The number of benzene rings is 3. The second-order valence-electron chi connectivity index (χ2n) is 7.28. The second-order valence-corrected chi connectivity index (χ2v) is 7.28. The van der Waals surface area contributed by atoms with Crippen molar-refractivity contribution in [1.82, 2.24) is 4.90 Å². The van der Waals surface area contributed by atoms with E-state index in [-0.39, 0.29) is 18.9 Å². The minimum Gasteiger partial charge on any atom is -0.493 e. The van der Waals surface area contributed by atoms with E-state index in [4.69, 9.17) is 14.2 Å². The highest BCUT2D eigenvalue weighted by molar-refractivity contribution is 6.01. The summed E-state index contributed by atoms with van der Waals surface area (Å²) in [5, 5.41) is 3.53.